The maximum absolute atomic E-state index is 12.0. The molecule has 1 aromatic rings. The SMILES string of the molecule is CN=C(NCc1ccnc(OC2CCC(C)CC2)c1)N1CCN(CC(=O)NC2CC2)CC1. The van der Waals surface area contributed by atoms with Crippen LogP contribution in [0.15, 0.2) is 23.3 Å². The zero-order valence-electron chi connectivity index (χ0n) is 19.6. The highest BCUT2D eigenvalue weighted by atomic mass is 16.5. The molecule has 2 N–H and O–H groups in total. The fourth-order valence-electron chi connectivity index (χ4n) is 4.48. The second-order valence-electron chi connectivity index (χ2n) is 9.51. The highest BCUT2D eigenvalue weighted by Gasteiger charge is 2.26. The number of rotatable bonds is 7. The van der Waals surface area contributed by atoms with Crippen LogP contribution in [0.5, 0.6) is 5.88 Å². The largest absolute Gasteiger partial charge is 0.474 e. The molecule has 32 heavy (non-hydrogen) atoms. The Hall–Kier alpha value is -2.35. The summed E-state index contributed by atoms with van der Waals surface area (Å²) < 4.78 is 6.15. The van der Waals surface area contributed by atoms with E-state index in [0.29, 0.717) is 19.1 Å². The molecule has 0 bridgehead atoms. The van der Waals surface area contributed by atoms with E-state index in [4.69, 9.17) is 4.74 Å². The van der Waals surface area contributed by atoms with E-state index < -0.39 is 0 Å². The summed E-state index contributed by atoms with van der Waals surface area (Å²) in [7, 11) is 1.82. The zero-order valence-corrected chi connectivity index (χ0v) is 19.6. The summed E-state index contributed by atoms with van der Waals surface area (Å²) in [4.78, 5) is 25.4. The molecule has 0 spiro atoms. The van der Waals surface area contributed by atoms with Gasteiger partial charge in [-0.15, -0.1) is 0 Å². The summed E-state index contributed by atoms with van der Waals surface area (Å²) in [6.07, 6.45) is 9.09. The van der Waals surface area contributed by atoms with Gasteiger partial charge < -0.3 is 20.3 Å². The molecule has 1 aliphatic heterocycles. The maximum atomic E-state index is 12.0. The Morgan fingerprint density at radius 3 is 2.59 bits per heavy atom. The molecule has 4 rings (SSSR count). The number of hydrogen-bond donors (Lipinski definition) is 2. The number of aromatic nitrogens is 1. The number of piperazine rings is 1. The quantitative estimate of drug-likeness (QED) is 0.497. The minimum Gasteiger partial charge on any atom is -0.474 e. The number of nitrogens with one attached hydrogen (secondary N) is 2. The van der Waals surface area contributed by atoms with Crippen LogP contribution in [0.3, 0.4) is 0 Å². The van der Waals surface area contributed by atoms with E-state index in [-0.39, 0.29) is 12.0 Å². The summed E-state index contributed by atoms with van der Waals surface area (Å²) in [6.45, 7) is 6.95. The predicted molar refractivity (Wildman–Crippen MR) is 126 cm³/mol. The number of aliphatic imine (C=N–C) groups is 1. The van der Waals surface area contributed by atoms with Crippen molar-refractivity contribution in [1.29, 1.82) is 0 Å². The lowest BCUT2D eigenvalue weighted by Gasteiger charge is -2.36. The van der Waals surface area contributed by atoms with Gasteiger partial charge in [0, 0.05) is 58.1 Å². The highest BCUT2D eigenvalue weighted by molar-refractivity contribution is 5.80. The minimum atomic E-state index is 0.155. The van der Waals surface area contributed by atoms with E-state index in [2.05, 4.69) is 37.3 Å². The summed E-state index contributed by atoms with van der Waals surface area (Å²) in [5.41, 5.74) is 1.13. The number of amides is 1. The van der Waals surface area contributed by atoms with Crippen LogP contribution in [0.2, 0.25) is 0 Å². The third-order valence-electron chi connectivity index (χ3n) is 6.69. The smallest absolute Gasteiger partial charge is 0.234 e. The summed E-state index contributed by atoms with van der Waals surface area (Å²) >= 11 is 0. The normalized spacial score (nSPS) is 24.8. The van der Waals surface area contributed by atoms with Gasteiger partial charge in [0.1, 0.15) is 6.10 Å². The van der Waals surface area contributed by atoms with E-state index in [1.54, 1.807) is 0 Å². The molecule has 2 aliphatic carbocycles. The monoisotopic (exact) mass is 442 g/mol. The van der Waals surface area contributed by atoms with Crippen LogP contribution in [0.4, 0.5) is 0 Å². The first-order valence-electron chi connectivity index (χ1n) is 12.2. The van der Waals surface area contributed by atoms with E-state index >= 15 is 0 Å². The molecule has 8 heteroatoms. The van der Waals surface area contributed by atoms with Crippen LogP contribution in [0.1, 0.15) is 51.0 Å². The van der Waals surface area contributed by atoms with E-state index in [1.807, 2.05) is 25.4 Å². The first-order chi connectivity index (χ1) is 15.6. The van der Waals surface area contributed by atoms with Crippen molar-refractivity contribution in [3.05, 3.63) is 23.9 Å². The van der Waals surface area contributed by atoms with Crippen LogP contribution >= 0.6 is 0 Å². The molecule has 1 amide bonds. The topological polar surface area (TPSA) is 82.1 Å². The molecule has 2 saturated carbocycles. The molecule has 8 nitrogen and oxygen atoms in total. The molecule has 0 aromatic carbocycles. The summed E-state index contributed by atoms with van der Waals surface area (Å²) in [5, 5.41) is 6.55. The van der Waals surface area contributed by atoms with Gasteiger partial charge in [0.25, 0.3) is 0 Å². The average Bonchev–Trinajstić information content (AvgIpc) is 3.61. The predicted octanol–water partition coefficient (Wildman–Crippen LogP) is 2.01. The standard InChI is InChI=1S/C24H38N6O2/c1-18-3-7-21(8-4-18)32-23-15-19(9-10-26-23)16-27-24(25-2)30-13-11-29(12-14-30)17-22(31)28-20-5-6-20/h9-10,15,18,20-21H,3-8,11-14,16-17H2,1-2H3,(H,25,27)(H,28,31). The lowest BCUT2D eigenvalue weighted by molar-refractivity contribution is -0.122. The molecular weight excluding hydrogens is 404 g/mol. The Kier molecular flexibility index (Phi) is 7.84. The summed E-state index contributed by atoms with van der Waals surface area (Å²) in [5.74, 6) is 2.58. The highest BCUT2D eigenvalue weighted by Crippen LogP contribution is 2.26. The van der Waals surface area contributed by atoms with E-state index in [0.717, 1.165) is 75.2 Å². The number of carbonyl (C=O) groups is 1. The van der Waals surface area contributed by atoms with E-state index in [9.17, 15) is 4.79 Å². The van der Waals surface area contributed by atoms with Crippen molar-refractivity contribution in [2.75, 3.05) is 39.8 Å². The Morgan fingerprint density at radius 2 is 1.91 bits per heavy atom. The number of ether oxygens (including phenoxy) is 1. The molecule has 0 unspecified atom stereocenters. The molecule has 0 radical (unpaired) electrons. The Labute approximate surface area is 191 Å². The van der Waals surface area contributed by atoms with Gasteiger partial charge in [-0.1, -0.05) is 6.92 Å². The van der Waals surface area contributed by atoms with Crippen molar-refractivity contribution in [1.82, 2.24) is 25.4 Å². The molecule has 1 saturated heterocycles. The van der Waals surface area contributed by atoms with Gasteiger partial charge in [-0.3, -0.25) is 14.7 Å². The van der Waals surface area contributed by atoms with Gasteiger partial charge in [-0.05, 0) is 56.1 Å². The Morgan fingerprint density at radius 1 is 1.16 bits per heavy atom. The first-order valence-corrected chi connectivity index (χ1v) is 12.2. The molecule has 0 atom stereocenters. The molecule has 3 fully saturated rings. The third kappa shape index (κ3) is 6.82. The zero-order chi connectivity index (χ0) is 22.3. The molecule has 1 aromatic heterocycles. The maximum Gasteiger partial charge on any atom is 0.234 e. The van der Waals surface area contributed by atoms with Crippen LogP contribution in [-0.4, -0.2) is 78.6 Å². The fraction of sp³-hybridized carbons (Fsp3) is 0.708. The second kappa shape index (κ2) is 11.0. The third-order valence-corrected chi connectivity index (χ3v) is 6.69. The lowest BCUT2D eigenvalue weighted by Crippen LogP contribution is -2.54. The van der Waals surface area contributed by atoms with Crippen molar-refractivity contribution in [2.45, 2.75) is 64.1 Å². The van der Waals surface area contributed by atoms with Gasteiger partial charge in [0.15, 0.2) is 5.96 Å². The van der Waals surface area contributed by atoms with Crippen molar-refractivity contribution >= 4 is 11.9 Å². The van der Waals surface area contributed by atoms with Gasteiger partial charge in [0.05, 0.1) is 6.54 Å². The molecular formula is C24H38N6O2. The lowest BCUT2D eigenvalue weighted by atomic mass is 9.89. The van der Waals surface area contributed by atoms with Crippen molar-refractivity contribution < 1.29 is 9.53 Å². The van der Waals surface area contributed by atoms with Crippen LogP contribution in [0, 0.1) is 5.92 Å². The molecule has 176 valence electrons. The molecule has 3 aliphatic rings. The summed E-state index contributed by atoms with van der Waals surface area (Å²) in [6, 6.07) is 4.48. The number of pyridine rings is 1. The van der Waals surface area contributed by atoms with E-state index in [1.165, 1.54) is 12.8 Å². The average molecular weight is 443 g/mol. The van der Waals surface area contributed by atoms with Gasteiger partial charge in [-0.25, -0.2) is 4.98 Å². The number of carbonyl (C=O) groups excluding carboxylic acids is 1. The van der Waals surface area contributed by atoms with Gasteiger partial charge >= 0.3 is 0 Å². The number of nitrogens with zero attached hydrogens (tertiary/aromatic N) is 4. The Balaban J connectivity index is 1.21. The van der Waals surface area contributed by atoms with Gasteiger partial charge in [-0.2, -0.15) is 0 Å². The first kappa shape index (κ1) is 22.8. The fourth-order valence-corrected chi connectivity index (χ4v) is 4.48. The number of guanidine groups is 1. The van der Waals surface area contributed by atoms with Crippen molar-refractivity contribution in [3.8, 4) is 5.88 Å². The van der Waals surface area contributed by atoms with Crippen molar-refractivity contribution in [3.63, 3.8) is 0 Å². The van der Waals surface area contributed by atoms with Gasteiger partial charge in [0.2, 0.25) is 11.8 Å². The van der Waals surface area contributed by atoms with Crippen molar-refractivity contribution in [2.24, 2.45) is 10.9 Å². The molecule has 2 heterocycles. The minimum absolute atomic E-state index is 0.155. The van der Waals surface area contributed by atoms with Crippen LogP contribution in [-0.2, 0) is 11.3 Å². The number of hydrogen-bond acceptors (Lipinski definition) is 5. The van der Waals surface area contributed by atoms with Crippen LogP contribution < -0.4 is 15.4 Å². The second-order valence-corrected chi connectivity index (χ2v) is 9.51. The Bertz CT molecular complexity index is 780. The van der Waals surface area contributed by atoms with Crippen LogP contribution in [0.25, 0.3) is 0 Å².